The van der Waals surface area contributed by atoms with Gasteiger partial charge in [-0.05, 0) is 103 Å². The van der Waals surface area contributed by atoms with Crippen LogP contribution >= 0.6 is 0 Å². The van der Waals surface area contributed by atoms with Crippen LogP contribution in [0.4, 0.5) is 0 Å². The Morgan fingerprint density at radius 2 is 1.33 bits per heavy atom. The fourth-order valence-electron chi connectivity index (χ4n) is 8.64. The number of benzene rings is 5. The Kier molecular flexibility index (Phi) is 6.69. The van der Waals surface area contributed by atoms with E-state index in [9.17, 15) is 15.8 Å². The lowest BCUT2D eigenvalue weighted by molar-refractivity contribution is 0.581. The molecule has 3 heteroatoms. The predicted molar refractivity (Wildman–Crippen MR) is 194 cm³/mol. The van der Waals surface area contributed by atoms with Gasteiger partial charge >= 0.3 is 0 Å². The van der Waals surface area contributed by atoms with Gasteiger partial charge in [-0.25, -0.2) is 0 Å². The van der Waals surface area contributed by atoms with Crippen LogP contribution in [0.5, 0.6) is 0 Å². The minimum atomic E-state index is -0.760. The minimum absolute atomic E-state index is 0.0255. The molecule has 0 amide bonds. The van der Waals surface area contributed by atoms with Crippen molar-refractivity contribution in [2.45, 2.75) is 56.3 Å². The number of nitrogens with zero attached hydrogens (tertiary/aromatic N) is 3. The van der Waals surface area contributed by atoms with E-state index in [2.05, 4.69) is 137 Å². The second-order valence-corrected chi connectivity index (χ2v) is 14.9. The smallest absolute Gasteiger partial charge is 0.0998 e. The van der Waals surface area contributed by atoms with Gasteiger partial charge in [-0.3, -0.25) is 0 Å². The summed E-state index contributed by atoms with van der Waals surface area (Å²) >= 11 is 0. The van der Waals surface area contributed by atoms with E-state index in [1.54, 1.807) is 0 Å². The van der Waals surface area contributed by atoms with Crippen molar-refractivity contribution in [3.8, 4) is 29.3 Å². The lowest BCUT2D eigenvalue weighted by Crippen LogP contribution is -2.44. The lowest BCUT2D eigenvalue weighted by Gasteiger charge is -2.52. The molecule has 0 aromatic heterocycles. The highest BCUT2D eigenvalue weighted by atomic mass is 14.6. The Balaban J connectivity index is 1.55. The first kappa shape index (κ1) is 30.4. The molecule has 0 N–H and O–H groups in total. The van der Waals surface area contributed by atoms with Gasteiger partial charge in [0.15, 0.2) is 0 Å². The monoisotopic (exact) mass is 629 g/mol. The molecule has 3 nitrogen and oxygen atoms in total. The first-order valence-corrected chi connectivity index (χ1v) is 16.9. The number of hydrogen-bond acceptors (Lipinski definition) is 3. The minimum Gasteiger partial charge on any atom is -0.192 e. The van der Waals surface area contributed by atoms with Crippen LogP contribution in [0.25, 0.3) is 11.1 Å². The number of hydrogen-bond donors (Lipinski definition) is 0. The molecule has 4 aliphatic carbocycles. The molecule has 3 atom stereocenters. The van der Waals surface area contributed by atoms with Crippen LogP contribution in [0.1, 0.15) is 107 Å². The third kappa shape index (κ3) is 4.31. The second-order valence-electron chi connectivity index (χ2n) is 14.9. The molecular formula is C46H35N3. The second kappa shape index (κ2) is 10.8. The summed E-state index contributed by atoms with van der Waals surface area (Å²) in [4.78, 5) is 0. The van der Waals surface area contributed by atoms with Gasteiger partial charge in [0.05, 0.1) is 40.3 Å². The van der Waals surface area contributed by atoms with Gasteiger partial charge in [0.1, 0.15) is 0 Å². The van der Waals surface area contributed by atoms with Crippen molar-refractivity contribution in [1.29, 1.82) is 15.8 Å². The molecule has 2 bridgehead atoms. The summed E-state index contributed by atoms with van der Waals surface area (Å²) in [6.07, 6.45) is 9.35. The third-order valence-electron chi connectivity index (χ3n) is 11.1. The van der Waals surface area contributed by atoms with Crippen molar-refractivity contribution in [3.63, 3.8) is 0 Å². The van der Waals surface area contributed by atoms with Crippen LogP contribution in [-0.4, -0.2) is 0 Å². The predicted octanol–water partition coefficient (Wildman–Crippen LogP) is 10.2. The summed E-state index contributed by atoms with van der Waals surface area (Å²) in [7, 11) is 0. The Bertz CT molecular complexity index is 2380. The van der Waals surface area contributed by atoms with Gasteiger partial charge in [0.2, 0.25) is 0 Å². The number of allylic oxidation sites excluding steroid dienone is 4. The standard InChI is InChI=1S/C46H35N3/c1-44(2,3)33-14-16-34(17-15-33)46-39-18-13-29(26-47)21-36(39)43(37-22-31(27-48)35(24-41(37)46)30-11-7-5-8-12-30)38-23-32(28-49)40(25-42(38)46)45(4)19-9-6-10-20-45/h5-19,21-25,43H,20H2,1-4H3. The van der Waals surface area contributed by atoms with Crippen LogP contribution in [0.2, 0.25) is 0 Å². The summed E-state index contributed by atoms with van der Waals surface area (Å²) in [5.41, 5.74) is 12.6. The van der Waals surface area contributed by atoms with E-state index in [-0.39, 0.29) is 16.7 Å². The molecule has 5 aromatic rings. The molecule has 5 aromatic carbocycles. The van der Waals surface area contributed by atoms with Crippen LogP contribution in [0.15, 0.2) is 121 Å². The molecule has 4 aliphatic rings. The Morgan fingerprint density at radius 1 is 0.653 bits per heavy atom. The van der Waals surface area contributed by atoms with E-state index >= 15 is 0 Å². The van der Waals surface area contributed by atoms with E-state index in [4.69, 9.17) is 0 Å². The van der Waals surface area contributed by atoms with E-state index in [0.29, 0.717) is 16.7 Å². The Labute approximate surface area is 288 Å². The Hall–Kier alpha value is -5.95. The van der Waals surface area contributed by atoms with Crippen LogP contribution in [0.3, 0.4) is 0 Å². The highest BCUT2D eigenvalue weighted by Crippen LogP contribution is 2.63. The van der Waals surface area contributed by atoms with Crippen molar-refractivity contribution in [3.05, 3.63) is 188 Å². The van der Waals surface area contributed by atoms with Crippen molar-refractivity contribution in [2.75, 3.05) is 0 Å². The third-order valence-corrected chi connectivity index (χ3v) is 11.1. The van der Waals surface area contributed by atoms with Crippen molar-refractivity contribution < 1.29 is 0 Å². The largest absolute Gasteiger partial charge is 0.192 e. The van der Waals surface area contributed by atoms with Crippen LogP contribution in [0, 0.1) is 34.0 Å². The molecule has 0 spiro atoms. The normalized spacial score (nSPS) is 21.1. The highest BCUT2D eigenvalue weighted by Gasteiger charge is 2.54. The summed E-state index contributed by atoms with van der Waals surface area (Å²) in [6.45, 7) is 8.91. The SMILES string of the molecule is CC(C)(C)c1ccc(C23c4ccc(C#N)cc4C(c4cc(C#N)c(-c5ccccc5)cc42)c2cc(C#N)c(C4(C)C=CC=CC4)cc23)cc1. The zero-order chi connectivity index (χ0) is 34.1. The van der Waals surface area contributed by atoms with Gasteiger partial charge < -0.3 is 0 Å². The summed E-state index contributed by atoms with van der Waals surface area (Å²) < 4.78 is 0. The molecule has 0 heterocycles. The average Bonchev–Trinajstić information content (AvgIpc) is 3.13. The molecule has 0 fully saturated rings. The van der Waals surface area contributed by atoms with Gasteiger partial charge in [-0.2, -0.15) is 15.8 Å². The number of rotatable bonds is 3. The molecule has 0 saturated heterocycles. The van der Waals surface area contributed by atoms with Crippen molar-refractivity contribution in [1.82, 2.24) is 0 Å². The summed E-state index contributed by atoms with van der Waals surface area (Å²) in [5.74, 6) is -0.239. The molecule has 234 valence electrons. The fourth-order valence-corrected chi connectivity index (χ4v) is 8.64. The van der Waals surface area contributed by atoms with Crippen molar-refractivity contribution in [2.24, 2.45) is 0 Å². The topological polar surface area (TPSA) is 71.4 Å². The lowest BCUT2D eigenvalue weighted by atomic mass is 9.49. The van der Waals surface area contributed by atoms with Gasteiger partial charge in [0, 0.05) is 11.3 Å². The first-order valence-electron chi connectivity index (χ1n) is 16.9. The molecule has 0 aliphatic heterocycles. The van der Waals surface area contributed by atoms with Gasteiger partial charge in [-0.15, -0.1) is 0 Å². The molecule has 0 saturated carbocycles. The summed E-state index contributed by atoms with van der Waals surface area (Å²) in [5, 5.41) is 31.3. The maximum atomic E-state index is 10.7. The van der Waals surface area contributed by atoms with Crippen molar-refractivity contribution >= 4 is 0 Å². The quantitative estimate of drug-likeness (QED) is 0.195. The van der Waals surface area contributed by atoms with Gasteiger partial charge in [-0.1, -0.05) is 119 Å². The fraction of sp³-hybridized carbons (Fsp3) is 0.196. The van der Waals surface area contributed by atoms with E-state index in [1.807, 2.05) is 30.3 Å². The summed E-state index contributed by atoms with van der Waals surface area (Å²) in [6, 6.07) is 41.5. The van der Waals surface area contributed by atoms with Crippen LogP contribution < -0.4 is 0 Å². The molecule has 49 heavy (non-hydrogen) atoms. The molecule has 0 radical (unpaired) electrons. The van der Waals surface area contributed by atoms with E-state index in [1.165, 1.54) is 5.56 Å². The molecule has 9 rings (SSSR count). The van der Waals surface area contributed by atoms with Crippen LogP contribution in [-0.2, 0) is 16.2 Å². The first-order chi connectivity index (χ1) is 23.6. The number of nitriles is 3. The maximum Gasteiger partial charge on any atom is 0.0998 e. The average molecular weight is 630 g/mol. The molecule has 3 unspecified atom stereocenters. The van der Waals surface area contributed by atoms with E-state index in [0.717, 1.165) is 62.1 Å². The molecular weight excluding hydrogens is 595 g/mol. The zero-order valence-electron chi connectivity index (χ0n) is 28.2. The highest BCUT2D eigenvalue weighted by molar-refractivity contribution is 5.82. The van der Waals surface area contributed by atoms with E-state index < -0.39 is 5.41 Å². The Morgan fingerprint density at radius 3 is 1.96 bits per heavy atom. The zero-order valence-corrected chi connectivity index (χ0v) is 28.2. The van der Waals surface area contributed by atoms with Gasteiger partial charge in [0.25, 0.3) is 0 Å². The maximum absolute atomic E-state index is 10.7.